The highest BCUT2D eigenvalue weighted by molar-refractivity contribution is 5.96. The molecule has 1 heterocycles. The third-order valence-electron chi connectivity index (χ3n) is 3.65. The lowest BCUT2D eigenvalue weighted by atomic mass is 9.89. The van der Waals surface area contributed by atoms with Gasteiger partial charge >= 0.3 is 5.97 Å². The summed E-state index contributed by atoms with van der Waals surface area (Å²) in [6.07, 6.45) is 3.67. The maximum atomic E-state index is 11.0. The van der Waals surface area contributed by atoms with Crippen molar-refractivity contribution in [2.45, 2.75) is 25.0 Å². The van der Waals surface area contributed by atoms with Gasteiger partial charge < -0.3 is 15.2 Å². The average molecular weight is 273 g/mol. The number of nitrogens with one attached hydrogen (secondary N) is 1. The summed E-state index contributed by atoms with van der Waals surface area (Å²) in [5.74, 6) is -0.214. The first-order valence-electron chi connectivity index (χ1n) is 6.44. The fourth-order valence-corrected chi connectivity index (χ4v) is 2.37. The van der Waals surface area contributed by atoms with Crippen molar-refractivity contribution in [2.24, 2.45) is 0 Å². The number of rotatable bonds is 4. The Bertz CT molecular complexity index is 653. The second-order valence-electron chi connectivity index (χ2n) is 4.93. The van der Waals surface area contributed by atoms with Crippen molar-refractivity contribution in [1.82, 2.24) is 9.97 Å². The lowest BCUT2D eigenvalue weighted by molar-refractivity contribution is 0.0328. The first-order valence-corrected chi connectivity index (χ1v) is 6.44. The molecule has 0 radical (unpaired) electrons. The number of ether oxygens (including phenoxy) is 1. The molecule has 6 heteroatoms. The molecule has 0 bridgehead atoms. The Morgan fingerprint density at radius 1 is 1.40 bits per heavy atom. The molecular formula is C14H15N3O3. The number of aromatic nitrogens is 2. The Labute approximate surface area is 115 Å². The van der Waals surface area contributed by atoms with Crippen molar-refractivity contribution in [3.63, 3.8) is 0 Å². The van der Waals surface area contributed by atoms with Gasteiger partial charge in [-0.05, 0) is 31.0 Å². The van der Waals surface area contributed by atoms with Gasteiger partial charge in [0, 0.05) is 18.5 Å². The van der Waals surface area contributed by atoms with E-state index in [-0.39, 0.29) is 5.56 Å². The molecule has 6 nitrogen and oxygen atoms in total. The van der Waals surface area contributed by atoms with Gasteiger partial charge in [-0.1, -0.05) is 0 Å². The topological polar surface area (TPSA) is 84.3 Å². The van der Waals surface area contributed by atoms with Crippen LogP contribution in [0.5, 0.6) is 0 Å². The molecule has 2 aromatic rings. The predicted molar refractivity (Wildman–Crippen MR) is 73.9 cm³/mol. The molecule has 0 spiro atoms. The summed E-state index contributed by atoms with van der Waals surface area (Å²) in [5.41, 5.74) is 0.857. The molecule has 0 saturated heterocycles. The molecule has 2 N–H and O–H groups in total. The maximum absolute atomic E-state index is 11.0. The van der Waals surface area contributed by atoms with E-state index in [9.17, 15) is 4.79 Å². The van der Waals surface area contributed by atoms with Crippen LogP contribution in [0.1, 0.15) is 23.2 Å². The molecule has 1 aromatic heterocycles. The summed E-state index contributed by atoms with van der Waals surface area (Å²) in [6.45, 7) is 0. The minimum absolute atomic E-state index is 0.227. The zero-order chi connectivity index (χ0) is 14.1. The van der Waals surface area contributed by atoms with Crippen molar-refractivity contribution in [3.8, 4) is 0 Å². The van der Waals surface area contributed by atoms with Crippen LogP contribution in [0.3, 0.4) is 0 Å². The largest absolute Gasteiger partial charge is 0.478 e. The molecule has 0 amide bonds. The fourth-order valence-electron chi connectivity index (χ4n) is 2.37. The summed E-state index contributed by atoms with van der Waals surface area (Å²) < 4.78 is 5.25. The number of aromatic carboxylic acids is 1. The van der Waals surface area contributed by atoms with Crippen LogP contribution in [0.2, 0.25) is 0 Å². The predicted octanol–water partition coefficient (Wildman–Crippen LogP) is 1.92. The minimum Gasteiger partial charge on any atom is -0.478 e. The van der Waals surface area contributed by atoms with Gasteiger partial charge in [-0.2, -0.15) is 0 Å². The van der Waals surface area contributed by atoms with Crippen LogP contribution in [0.15, 0.2) is 24.5 Å². The summed E-state index contributed by atoms with van der Waals surface area (Å²) in [7, 11) is 1.72. The van der Waals surface area contributed by atoms with E-state index in [1.165, 1.54) is 6.33 Å². The Balaban J connectivity index is 1.86. The van der Waals surface area contributed by atoms with Crippen molar-refractivity contribution in [1.29, 1.82) is 0 Å². The van der Waals surface area contributed by atoms with E-state index in [2.05, 4.69) is 15.3 Å². The Hall–Kier alpha value is -2.21. The normalized spacial score (nSPS) is 21.4. The molecular weight excluding hydrogens is 258 g/mol. The second kappa shape index (κ2) is 5.05. The first kappa shape index (κ1) is 12.8. The Morgan fingerprint density at radius 3 is 2.90 bits per heavy atom. The number of fused-ring (bicyclic) bond motifs is 1. The van der Waals surface area contributed by atoms with Crippen LogP contribution in [0.4, 0.5) is 5.82 Å². The first-order chi connectivity index (χ1) is 9.67. The van der Waals surface area contributed by atoms with Gasteiger partial charge in [0.25, 0.3) is 0 Å². The molecule has 0 unspecified atom stereocenters. The smallest absolute Gasteiger partial charge is 0.335 e. The van der Waals surface area contributed by atoms with Gasteiger partial charge in [0.2, 0.25) is 0 Å². The van der Waals surface area contributed by atoms with Crippen molar-refractivity contribution in [3.05, 3.63) is 30.1 Å². The lowest BCUT2D eigenvalue weighted by Crippen LogP contribution is -2.40. The van der Waals surface area contributed by atoms with Gasteiger partial charge in [-0.3, -0.25) is 0 Å². The summed E-state index contributed by atoms with van der Waals surface area (Å²) in [4.78, 5) is 19.3. The second-order valence-corrected chi connectivity index (χ2v) is 4.93. The quantitative estimate of drug-likeness (QED) is 0.885. The number of hydrogen-bond acceptors (Lipinski definition) is 5. The van der Waals surface area contributed by atoms with Crippen LogP contribution in [-0.4, -0.2) is 40.3 Å². The van der Waals surface area contributed by atoms with Crippen molar-refractivity contribution in [2.75, 3.05) is 12.4 Å². The average Bonchev–Trinajstić information content (AvgIpc) is 2.41. The van der Waals surface area contributed by atoms with E-state index in [4.69, 9.17) is 9.84 Å². The van der Waals surface area contributed by atoms with Crippen LogP contribution < -0.4 is 5.32 Å². The summed E-state index contributed by atoms with van der Waals surface area (Å²) in [6, 6.07) is 5.21. The summed E-state index contributed by atoms with van der Waals surface area (Å²) >= 11 is 0. The van der Waals surface area contributed by atoms with E-state index in [1.54, 1.807) is 25.3 Å². The van der Waals surface area contributed by atoms with E-state index >= 15 is 0 Å². The molecule has 1 aliphatic carbocycles. The zero-order valence-electron chi connectivity index (χ0n) is 11.0. The van der Waals surface area contributed by atoms with Gasteiger partial charge in [0.05, 0.1) is 17.2 Å². The Morgan fingerprint density at radius 2 is 2.20 bits per heavy atom. The van der Waals surface area contributed by atoms with E-state index in [0.717, 1.165) is 24.0 Å². The molecule has 1 aliphatic rings. The maximum Gasteiger partial charge on any atom is 0.335 e. The highest BCUT2D eigenvalue weighted by Gasteiger charge is 2.29. The molecule has 3 rings (SSSR count). The number of anilines is 1. The number of methoxy groups -OCH3 is 1. The fraction of sp³-hybridized carbons (Fsp3) is 0.357. The molecule has 20 heavy (non-hydrogen) atoms. The standard InChI is InChI=1S/C14H15N3O3/c1-20-10-5-9(6-10)17-13-11-3-2-8(14(18)19)4-12(11)15-7-16-13/h2-4,7,9-10H,5-6H2,1H3,(H,18,19)(H,15,16,17). The van der Waals surface area contributed by atoms with Crippen molar-refractivity contribution >= 4 is 22.7 Å². The van der Waals surface area contributed by atoms with E-state index in [1.807, 2.05) is 0 Å². The van der Waals surface area contributed by atoms with Gasteiger partial charge in [0.15, 0.2) is 0 Å². The van der Waals surface area contributed by atoms with Crippen LogP contribution in [0.25, 0.3) is 10.9 Å². The number of benzene rings is 1. The SMILES string of the molecule is COC1CC(Nc2ncnc3cc(C(=O)O)ccc23)C1. The third kappa shape index (κ3) is 2.30. The highest BCUT2D eigenvalue weighted by atomic mass is 16.5. The molecule has 104 valence electrons. The number of hydrogen-bond donors (Lipinski definition) is 2. The minimum atomic E-state index is -0.957. The van der Waals surface area contributed by atoms with Gasteiger partial charge in [0.1, 0.15) is 12.1 Å². The molecule has 1 aromatic carbocycles. The van der Waals surface area contributed by atoms with Gasteiger partial charge in [-0.25, -0.2) is 14.8 Å². The highest BCUT2D eigenvalue weighted by Crippen LogP contribution is 2.28. The van der Waals surface area contributed by atoms with E-state index < -0.39 is 5.97 Å². The number of carboxylic acid groups (broad SMARTS) is 1. The monoisotopic (exact) mass is 273 g/mol. The molecule has 0 atom stereocenters. The van der Waals surface area contributed by atoms with Gasteiger partial charge in [-0.15, -0.1) is 0 Å². The van der Waals surface area contributed by atoms with E-state index in [0.29, 0.717) is 17.7 Å². The molecule has 0 aliphatic heterocycles. The van der Waals surface area contributed by atoms with Crippen LogP contribution >= 0.6 is 0 Å². The lowest BCUT2D eigenvalue weighted by Gasteiger charge is -2.35. The molecule has 1 saturated carbocycles. The van der Waals surface area contributed by atoms with Crippen LogP contribution in [-0.2, 0) is 4.74 Å². The Kier molecular flexibility index (Phi) is 3.23. The van der Waals surface area contributed by atoms with Crippen LogP contribution in [0, 0.1) is 0 Å². The number of carbonyl (C=O) groups is 1. The number of nitrogens with zero attached hydrogens (tertiary/aromatic N) is 2. The summed E-state index contributed by atoms with van der Waals surface area (Å²) in [5, 5.41) is 13.2. The van der Waals surface area contributed by atoms with Crippen molar-refractivity contribution < 1.29 is 14.6 Å². The third-order valence-corrected chi connectivity index (χ3v) is 3.65. The molecule has 1 fully saturated rings. The zero-order valence-corrected chi connectivity index (χ0v) is 11.0. The number of carboxylic acids is 1.